The zero-order chi connectivity index (χ0) is 13.9. The van der Waals surface area contributed by atoms with Gasteiger partial charge in [0.05, 0.1) is 11.1 Å². The van der Waals surface area contributed by atoms with Gasteiger partial charge in [0.2, 0.25) is 0 Å². The van der Waals surface area contributed by atoms with Crippen LogP contribution >= 0.6 is 0 Å². The molecular weight excluding hydrogens is 238 g/mol. The Morgan fingerprint density at radius 3 is 2.63 bits per heavy atom. The Labute approximate surface area is 114 Å². The Morgan fingerprint density at radius 2 is 2.00 bits per heavy atom. The van der Waals surface area contributed by atoms with Crippen molar-refractivity contribution in [3.05, 3.63) is 42.1 Å². The number of rotatable bonds is 5. The number of fused-ring (bicyclic) bond motifs is 1. The van der Waals surface area contributed by atoms with E-state index in [2.05, 4.69) is 4.98 Å². The van der Waals surface area contributed by atoms with Crippen LogP contribution in [0.4, 0.5) is 0 Å². The Kier molecular flexibility index (Phi) is 4.17. The van der Waals surface area contributed by atoms with E-state index in [1.807, 2.05) is 44.2 Å². The lowest BCUT2D eigenvalue weighted by molar-refractivity contribution is -0.109. The first-order chi connectivity index (χ1) is 9.16. The number of aliphatic hydroxyl groups is 1. The third-order valence-corrected chi connectivity index (χ3v) is 4.04. The highest BCUT2D eigenvalue weighted by Crippen LogP contribution is 2.35. The van der Waals surface area contributed by atoms with Crippen molar-refractivity contribution in [3.63, 3.8) is 0 Å². The SMILES string of the molecule is CCC(CC)(OC)C(O)c1ccc2ncccc2c1. The van der Waals surface area contributed by atoms with E-state index in [0.717, 1.165) is 29.3 Å². The summed E-state index contributed by atoms with van der Waals surface area (Å²) in [4.78, 5) is 4.29. The lowest BCUT2D eigenvalue weighted by Crippen LogP contribution is -2.37. The molecule has 3 nitrogen and oxygen atoms in total. The third-order valence-electron chi connectivity index (χ3n) is 4.04. The average Bonchev–Trinajstić information content (AvgIpc) is 2.49. The Balaban J connectivity index is 2.43. The molecule has 0 aliphatic carbocycles. The Bertz CT molecular complexity index is 541. The molecule has 3 heteroatoms. The maximum absolute atomic E-state index is 10.6. The van der Waals surface area contributed by atoms with E-state index >= 15 is 0 Å². The molecule has 2 aromatic rings. The van der Waals surface area contributed by atoms with Crippen molar-refractivity contribution >= 4 is 10.9 Å². The number of nitrogens with zero attached hydrogens (tertiary/aromatic N) is 1. The summed E-state index contributed by atoms with van der Waals surface area (Å²) in [6.07, 6.45) is 2.69. The van der Waals surface area contributed by atoms with Crippen molar-refractivity contribution in [3.8, 4) is 0 Å². The van der Waals surface area contributed by atoms with Gasteiger partial charge in [-0.1, -0.05) is 26.0 Å². The second-order valence-corrected chi connectivity index (χ2v) is 4.83. The average molecular weight is 259 g/mol. The van der Waals surface area contributed by atoms with Gasteiger partial charge in [-0.3, -0.25) is 4.98 Å². The van der Waals surface area contributed by atoms with Crippen molar-refractivity contribution < 1.29 is 9.84 Å². The molecule has 0 spiro atoms. The molecule has 0 amide bonds. The zero-order valence-corrected chi connectivity index (χ0v) is 11.8. The first kappa shape index (κ1) is 14.0. The fraction of sp³-hybridized carbons (Fsp3) is 0.438. The summed E-state index contributed by atoms with van der Waals surface area (Å²) in [7, 11) is 1.67. The first-order valence-electron chi connectivity index (χ1n) is 6.74. The van der Waals surface area contributed by atoms with Crippen LogP contribution in [0, 0.1) is 0 Å². The number of pyridine rings is 1. The predicted octanol–water partition coefficient (Wildman–Crippen LogP) is 3.47. The number of aliphatic hydroxyl groups excluding tert-OH is 1. The van der Waals surface area contributed by atoms with Gasteiger partial charge >= 0.3 is 0 Å². The molecule has 1 heterocycles. The highest BCUT2D eigenvalue weighted by molar-refractivity contribution is 5.79. The lowest BCUT2D eigenvalue weighted by atomic mass is 9.85. The van der Waals surface area contributed by atoms with Gasteiger partial charge in [-0.2, -0.15) is 0 Å². The molecule has 0 aliphatic heterocycles. The van der Waals surface area contributed by atoms with Crippen LogP contribution in [0.15, 0.2) is 36.5 Å². The number of ether oxygens (including phenoxy) is 1. The normalized spacial score (nSPS) is 13.7. The molecule has 0 fully saturated rings. The Hall–Kier alpha value is -1.45. The third kappa shape index (κ3) is 2.48. The topological polar surface area (TPSA) is 42.4 Å². The van der Waals surface area contributed by atoms with Crippen LogP contribution in [0.3, 0.4) is 0 Å². The van der Waals surface area contributed by atoms with Crippen LogP contribution in [0.2, 0.25) is 0 Å². The monoisotopic (exact) mass is 259 g/mol. The molecule has 1 N–H and O–H groups in total. The summed E-state index contributed by atoms with van der Waals surface area (Å²) in [5, 5.41) is 11.7. The minimum Gasteiger partial charge on any atom is -0.385 e. The number of aromatic nitrogens is 1. The minimum absolute atomic E-state index is 0.518. The van der Waals surface area contributed by atoms with Crippen molar-refractivity contribution in [1.82, 2.24) is 4.98 Å². The van der Waals surface area contributed by atoms with Crippen LogP contribution in [0.25, 0.3) is 10.9 Å². The van der Waals surface area contributed by atoms with Crippen LogP contribution in [-0.2, 0) is 4.74 Å². The van der Waals surface area contributed by atoms with Gasteiger partial charge in [0.15, 0.2) is 0 Å². The summed E-state index contributed by atoms with van der Waals surface area (Å²) >= 11 is 0. The van der Waals surface area contributed by atoms with E-state index in [4.69, 9.17) is 4.74 Å². The largest absolute Gasteiger partial charge is 0.385 e. The first-order valence-corrected chi connectivity index (χ1v) is 6.74. The van der Waals surface area contributed by atoms with E-state index in [1.54, 1.807) is 13.3 Å². The van der Waals surface area contributed by atoms with Crippen molar-refractivity contribution in [1.29, 1.82) is 0 Å². The zero-order valence-electron chi connectivity index (χ0n) is 11.8. The van der Waals surface area contributed by atoms with Crippen molar-refractivity contribution in [2.75, 3.05) is 7.11 Å². The van der Waals surface area contributed by atoms with E-state index in [9.17, 15) is 5.11 Å². The summed E-state index contributed by atoms with van der Waals surface area (Å²) < 4.78 is 5.60. The summed E-state index contributed by atoms with van der Waals surface area (Å²) in [6.45, 7) is 4.08. The highest BCUT2D eigenvalue weighted by atomic mass is 16.5. The lowest BCUT2D eigenvalue weighted by Gasteiger charge is -2.35. The van der Waals surface area contributed by atoms with Gasteiger partial charge in [-0.05, 0) is 36.6 Å². The smallest absolute Gasteiger partial charge is 0.108 e. The standard InChI is InChI=1S/C16H21NO2/c1-4-16(5-2,19-3)15(18)13-8-9-14-12(11-13)7-6-10-17-14/h6-11,15,18H,4-5H2,1-3H3. The number of methoxy groups -OCH3 is 1. The number of benzene rings is 1. The van der Waals surface area contributed by atoms with E-state index in [-0.39, 0.29) is 0 Å². The van der Waals surface area contributed by atoms with Gasteiger partial charge in [-0.25, -0.2) is 0 Å². The fourth-order valence-electron chi connectivity index (χ4n) is 2.60. The summed E-state index contributed by atoms with van der Waals surface area (Å²) in [5.41, 5.74) is 1.30. The molecule has 0 saturated carbocycles. The molecular formula is C16H21NO2. The molecule has 1 unspecified atom stereocenters. The summed E-state index contributed by atoms with van der Waals surface area (Å²) in [5.74, 6) is 0. The maximum atomic E-state index is 10.6. The molecule has 0 radical (unpaired) electrons. The van der Waals surface area contributed by atoms with Gasteiger partial charge < -0.3 is 9.84 Å². The van der Waals surface area contributed by atoms with Gasteiger partial charge in [-0.15, -0.1) is 0 Å². The van der Waals surface area contributed by atoms with Crippen molar-refractivity contribution in [2.24, 2.45) is 0 Å². The van der Waals surface area contributed by atoms with Crippen LogP contribution < -0.4 is 0 Å². The van der Waals surface area contributed by atoms with Crippen LogP contribution in [0.5, 0.6) is 0 Å². The molecule has 0 bridgehead atoms. The van der Waals surface area contributed by atoms with Gasteiger partial charge in [0.1, 0.15) is 6.10 Å². The number of hydrogen-bond donors (Lipinski definition) is 1. The molecule has 0 aliphatic rings. The van der Waals surface area contributed by atoms with E-state index in [0.29, 0.717) is 0 Å². The second-order valence-electron chi connectivity index (χ2n) is 4.83. The molecule has 0 saturated heterocycles. The number of hydrogen-bond acceptors (Lipinski definition) is 3. The highest BCUT2D eigenvalue weighted by Gasteiger charge is 2.35. The van der Waals surface area contributed by atoms with Crippen LogP contribution in [-0.4, -0.2) is 22.8 Å². The molecule has 2 rings (SSSR count). The quantitative estimate of drug-likeness (QED) is 0.894. The van der Waals surface area contributed by atoms with Crippen molar-refractivity contribution in [2.45, 2.75) is 38.4 Å². The van der Waals surface area contributed by atoms with Gasteiger partial charge in [0.25, 0.3) is 0 Å². The summed E-state index contributed by atoms with van der Waals surface area (Å²) in [6, 6.07) is 9.78. The van der Waals surface area contributed by atoms with Crippen LogP contribution in [0.1, 0.15) is 38.4 Å². The predicted molar refractivity (Wildman–Crippen MR) is 77.0 cm³/mol. The minimum atomic E-state index is -0.628. The maximum Gasteiger partial charge on any atom is 0.108 e. The molecule has 102 valence electrons. The second kappa shape index (κ2) is 5.68. The van der Waals surface area contributed by atoms with E-state index < -0.39 is 11.7 Å². The molecule has 1 atom stereocenters. The fourth-order valence-corrected chi connectivity index (χ4v) is 2.60. The van der Waals surface area contributed by atoms with E-state index in [1.165, 1.54) is 0 Å². The molecule has 19 heavy (non-hydrogen) atoms. The Morgan fingerprint density at radius 1 is 1.26 bits per heavy atom. The molecule has 1 aromatic heterocycles. The molecule has 1 aromatic carbocycles. The van der Waals surface area contributed by atoms with Gasteiger partial charge in [0, 0.05) is 18.7 Å².